The molecule has 2 rings (SSSR count). The van der Waals surface area contributed by atoms with Gasteiger partial charge in [0.1, 0.15) is 0 Å². The Morgan fingerprint density at radius 3 is 2.33 bits per heavy atom. The Labute approximate surface area is 73.3 Å². The normalized spacial score (nSPS) is 43.0. The van der Waals surface area contributed by atoms with Crippen LogP contribution in [0.5, 0.6) is 0 Å². The number of hydroxylamine groups is 2. The fourth-order valence-electron chi connectivity index (χ4n) is 2.50. The fourth-order valence-corrected chi connectivity index (χ4v) is 2.50. The Kier molecular flexibility index (Phi) is 2.35. The zero-order valence-corrected chi connectivity index (χ0v) is 7.57. The van der Waals surface area contributed by atoms with Crippen LogP contribution in [0.3, 0.4) is 0 Å². The molecule has 0 aliphatic carbocycles. The highest BCUT2D eigenvalue weighted by Crippen LogP contribution is 2.33. The van der Waals surface area contributed by atoms with Crippen LogP contribution in [-0.4, -0.2) is 35.6 Å². The van der Waals surface area contributed by atoms with Crippen molar-refractivity contribution in [2.24, 2.45) is 0 Å². The molecule has 70 valence electrons. The summed E-state index contributed by atoms with van der Waals surface area (Å²) in [6.07, 6.45) is 5.92. The van der Waals surface area contributed by atoms with E-state index in [0.717, 1.165) is 25.7 Å². The molecule has 0 aromatic heterocycles. The lowest BCUT2D eigenvalue weighted by Gasteiger charge is -2.44. The molecule has 2 unspecified atom stereocenters. The molecule has 0 spiro atoms. The third kappa shape index (κ3) is 1.37. The molecule has 3 nitrogen and oxygen atoms in total. The number of hydrogen-bond acceptors (Lipinski definition) is 3. The number of rotatable bonds is 1. The van der Waals surface area contributed by atoms with Crippen molar-refractivity contribution in [3.63, 3.8) is 0 Å². The monoisotopic (exact) mass is 171 g/mol. The molecule has 2 atom stereocenters. The Hall–Kier alpha value is -0.120. The van der Waals surface area contributed by atoms with Crippen LogP contribution in [0.1, 0.15) is 32.1 Å². The minimum absolute atomic E-state index is 0.363. The molecule has 2 fully saturated rings. The molecule has 2 aliphatic heterocycles. The lowest BCUT2D eigenvalue weighted by atomic mass is 9.85. The van der Waals surface area contributed by atoms with Gasteiger partial charge in [0.2, 0.25) is 0 Å². The minimum Gasteiger partial charge on any atom is -0.381 e. The highest BCUT2D eigenvalue weighted by molar-refractivity contribution is 4.88. The van der Waals surface area contributed by atoms with E-state index in [1.807, 2.05) is 0 Å². The van der Waals surface area contributed by atoms with Crippen LogP contribution in [-0.2, 0) is 4.74 Å². The van der Waals surface area contributed by atoms with E-state index in [1.54, 1.807) is 12.2 Å². The smallest absolute Gasteiger partial charge is 0.0603 e. The van der Waals surface area contributed by atoms with Crippen LogP contribution in [0.25, 0.3) is 0 Å². The second-order valence-corrected chi connectivity index (χ2v) is 3.95. The molecule has 1 N–H and O–H groups in total. The van der Waals surface area contributed by atoms with Gasteiger partial charge in [-0.15, -0.1) is 0 Å². The van der Waals surface area contributed by atoms with Crippen LogP contribution in [0, 0.1) is 0 Å². The zero-order chi connectivity index (χ0) is 8.55. The molecule has 0 saturated carbocycles. The first-order valence-corrected chi connectivity index (χ1v) is 4.81. The van der Waals surface area contributed by atoms with E-state index in [0.29, 0.717) is 18.2 Å². The molecule has 0 amide bonds. The van der Waals surface area contributed by atoms with Gasteiger partial charge in [0, 0.05) is 19.2 Å². The first-order valence-electron chi connectivity index (χ1n) is 4.81. The number of nitrogens with zero attached hydrogens (tertiary/aromatic N) is 1. The highest BCUT2D eigenvalue weighted by Gasteiger charge is 2.37. The van der Waals surface area contributed by atoms with Gasteiger partial charge >= 0.3 is 0 Å². The number of ether oxygens (including phenoxy) is 1. The lowest BCUT2D eigenvalue weighted by Crippen LogP contribution is -2.51. The van der Waals surface area contributed by atoms with Gasteiger partial charge in [-0.25, -0.2) is 0 Å². The molecule has 0 aromatic carbocycles. The van der Waals surface area contributed by atoms with E-state index >= 15 is 0 Å². The standard InChI is InChI=1S/C9H17NO2/c1-12-9-5-7-3-2-4-8(6-9)10(7)11/h7-9,11H,2-6H2,1H3. The van der Waals surface area contributed by atoms with Crippen molar-refractivity contribution in [1.82, 2.24) is 5.06 Å². The molecule has 0 aromatic rings. The van der Waals surface area contributed by atoms with Gasteiger partial charge in [-0.1, -0.05) is 6.42 Å². The summed E-state index contributed by atoms with van der Waals surface area (Å²) in [7, 11) is 1.77. The first kappa shape index (κ1) is 8.48. The third-order valence-corrected chi connectivity index (χ3v) is 3.23. The molecular weight excluding hydrogens is 154 g/mol. The van der Waals surface area contributed by atoms with Crippen molar-refractivity contribution in [1.29, 1.82) is 0 Å². The third-order valence-electron chi connectivity index (χ3n) is 3.23. The maximum Gasteiger partial charge on any atom is 0.0603 e. The lowest BCUT2D eigenvalue weighted by molar-refractivity contribution is -0.212. The summed E-state index contributed by atoms with van der Waals surface area (Å²) in [6.45, 7) is 0. The molecule has 0 radical (unpaired) electrons. The minimum atomic E-state index is 0.363. The molecule has 3 heteroatoms. The largest absolute Gasteiger partial charge is 0.381 e. The molecule has 2 aliphatic rings. The number of piperidine rings is 2. The van der Waals surface area contributed by atoms with Crippen LogP contribution in [0.15, 0.2) is 0 Å². The summed E-state index contributed by atoms with van der Waals surface area (Å²) in [5, 5.41) is 11.2. The summed E-state index contributed by atoms with van der Waals surface area (Å²) in [4.78, 5) is 0. The second kappa shape index (κ2) is 3.32. The molecule has 2 saturated heterocycles. The Balaban J connectivity index is 2.02. The summed E-state index contributed by atoms with van der Waals surface area (Å²) < 4.78 is 5.34. The van der Waals surface area contributed by atoms with Crippen LogP contribution < -0.4 is 0 Å². The van der Waals surface area contributed by atoms with Gasteiger partial charge in [-0.05, 0) is 25.7 Å². The highest BCUT2D eigenvalue weighted by atomic mass is 16.5. The van der Waals surface area contributed by atoms with Gasteiger partial charge in [-0.3, -0.25) is 0 Å². The summed E-state index contributed by atoms with van der Waals surface area (Å²) in [6, 6.07) is 0.727. The van der Waals surface area contributed by atoms with Crippen molar-refractivity contribution in [3.05, 3.63) is 0 Å². The van der Waals surface area contributed by atoms with E-state index < -0.39 is 0 Å². The van der Waals surface area contributed by atoms with Crippen molar-refractivity contribution >= 4 is 0 Å². The number of hydrogen-bond donors (Lipinski definition) is 1. The topological polar surface area (TPSA) is 32.7 Å². The average molecular weight is 171 g/mol. The SMILES string of the molecule is COC1CC2CCCC(C1)N2O. The van der Waals surface area contributed by atoms with Crippen molar-refractivity contribution in [3.8, 4) is 0 Å². The molecule has 2 heterocycles. The first-order chi connectivity index (χ1) is 5.81. The summed E-state index contributed by atoms with van der Waals surface area (Å²) in [5.74, 6) is 0. The van der Waals surface area contributed by atoms with Gasteiger partial charge in [-0.2, -0.15) is 5.06 Å². The van der Waals surface area contributed by atoms with Crippen molar-refractivity contribution in [2.75, 3.05) is 7.11 Å². The maximum absolute atomic E-state index is 9.68. The molecule has 2 bridgehead atoms. The second-order valence-electron chi connectivity index (χ2n) is 3.95. The number of methoxy groups -OCH3 is 1. The number of fused-ring (bicyclic) bond motifs is 2. The van der Waals surface area contributed by atoms with E-state index in [2.05, 4.69) is 0 Å². The fraction of sp³-hybridized carbons (Fsp3) is 1.00. The van der Waals surface area contributed by atoms with Crippen LogP contribution in [0.4, 0.5) is 0 Å². The molecular formula is C9H17NO2. The van der Waals surface area contributed by atoms with Gasteiger partial charge in [0.05, 0.1) is 6.10 Å². The average Bonchev–Trinajstić information content (AvgIpc) is 2.04. The predicted molar refractivity (Wildman–Crippen MR) is 45.1 cm³/mol. The summed E-state index contributed by atoms with van der Waals surface area (Å²) in [5.41, 5.74) is 0. The summed E-state index contributed by atoms with van der Waals surface area (Å²) >= 11 is 0. The Morgan fingerprint density at radius 2 is 1.83 bits per heavy atom. The van der Waals surface area contributed by atoms with E-state index in [4.69, 9.17) is 4.74 Å². The van der Waals surface area contributed by atoms with Gasteiger partial charge in [0.25, 0.3) is 0 Å². The van der Waals surface area contributed by atoms with E-state index in [1.165, 1.54) is 6.42 Å². The quantitative estimate of drug-likeness (QED) is 0.647. The van der Waals surface area contributed by atoms with Crippen LogP contribution in [0.2, 0.25) is 0 Å². The Bertz CT molecular complexity index is 149. The maximum atomic E-state index is 9.68. The van der Waals surface area contributed by atoms with Crippen LogP contribution >= 0.6 is 0 Å². The Morgan fingerprint density at radius 1 is 1.25 bits per heavy atom. The van der Waals surface area contributed by atoms with Gasteiger partial charge in [0.15, 0.2) is 0 Å². The van der Waals surface area contributed by atoms with Gasteiger partial charge < -0.3 is 9.94 Å². The molecule has 12 heavy (non-hydrogen) atoms. The predicted octanol–water partition coefficient (Wildman–Crippen LogP) is 1.41. The zero-order valence-electron chi connectivity index (χ0n) is 7.57. The van der Waals surface area contributed by atoms with Crippen molar-refractivity contribution < 1.29 is 9.94 Å². The van der Waals surface area contributed by atoms with E-state index in [9.17, 15) is 5.21 Å². The van der Waals surface area contributed by atoms with Crippen molar-refractivity contribution in [2.45, 2.75) is 50.3 Å². The van der Waals surface area contributed by atoms with E-state index in [-0.39, 0.29) is 0 Å².